The summed E-state index contributed by atoms with van der Waals surface area (Å²) < 4.78 is 0. The molecule has 26 heavy (non-hydrogen) atoms. The second-order valence-corrected chi connectivity index (χ2v) is 6.32. The lowest BCUT2D eigenvalue weighted by Gasteiger charge is -2.14. The lowest BCUT2D eigenvalue weighted by molar-refractivity contribution is -0.383. The number of rotatable bonds is 7. The Kier molecular flexibility index (Phi) is 6.71. The number of anilines is 1. The molecule has 0 unspecified atom stereocenters. The average molecular weight is 375 g/mol. The molecule has 7 heteroatoms. The number of fused-ring (bicyclic) bond motifs is 2. The van der Waals surface area contributed by atoms with Gasteiger partial charge in [-0.1, -0.05) is 38.1 Å². The number of halogens is 1. The third-order valence-corrected chi connectivity index (χ3v) is 4.09. The first-order valence-electron chi connectivity index (χ1n) is 8.51. The molecule has 0 atom stereocenters. The van der Waals surface area contributed by atoms with Crippen LogP contribution >= 0.6 is 12.4 Å². The van der Waals surface area contributed by atoms with E-state index in [1.54, 1.807) is 6.07 Å². The summed E-state index contributed by atoms with van der Waals surface area (Å²) in [5.74, 6) is 0. The minimum absolute atomic E-state index is 0. The summed E-state index contributed by atoms with van der Waals surface area (Å²) in [5.41, 5.74) is 2.34. The monoisotopic (exact) mass is 374 g/mol. The van der Waals surface area contributed by atoms with Crippen molar-refractivity contribution < 1.29 is 4.92 Å². The molecule has 3 aromatic rings. The van der Waals surface area contributed by atoms with Crippen molar-refractivity contribution in [2.45, 2.75) is 26.3 Å². The molecule has 0 bridgehead atoms. The molecule has 1 aromatic heterocycles. The number of nitro benzene ring substituents is 1. The van der Waals surface area contributed by atoms with Crippen molar-refractivity contribution >= 4 is 45.6 Å². The molecule has 0 amide bonds. The standard InChI is InChI=1S/C19H22N4O2.ClH/c1-13(2)20-11-6-12-21-19-14-7-3-4-8-15(14)22-16-9-5-10-17(18(16)19)23(24)25;/h3-5,7-10,13,20H,6,11-12H2,1-2H3,(H,21,22);1H. The van der Waals surface area contributed by atoms with Crippen LogP contribution in [0.3, 0.4) is 0 Å². The molecule has 3 rings (SSSR count). The van der Waals surface area contributed by atoms with Crippen LogP contribution in [-0.4, -0.2) is 29.0 Å². The maximum atomic E-state index is 11.5. The number of pyridine rings is 1. The van der Waals surface area contributed by atoms with Crippen LogP contribution < -0.4 is 10.6 Å². The van der Waals surface area contributed by atoms with E-state index in [2.05, 4.69) is 29.5 Å². The van der Waals surface area contributed by atoms with Gasteiger partial charge in [0.15, 0.2) is 0 Å². The third-order valence-electron chi connectivity index (χ3n) is 4.09. The predicted octanol–water partition coefficient (Wildman–Crippen LogP) is 4.52. The molecule has 2 aromatic carbocycles. The second kappa shape index (κ2) is 8.78. The number of para-hydroxylation sites is 1. The van der Waals surface area contributed by atoms with Gasteiger partial charge in [-0.3, -0.25) is 10.1 Å². The Morgan fingerprint density at radius 2 is 1.81 bits per heavy atom. The van der Waals surface area contributed by atoms with E-state index in [-0.39, 0.29) is 23.0 Å². The van der Waals surface area contributed by atoms with Gasteiger partial charge in [-0.05, 0) is 25.1 Å². The van der Waals surface area contributed by atoms with Gasteiger partial charge in [0, 0.05) is 24.0 Å². The van der Waals surface area contributed by atoms with Crippen molar-refractivity contribution in [1.82, 2.24) is 10.3 Å². The van der Waals surface area contributed by atoms with Crippen molar-refractivity contribution in [1.29, 1.82) is 0 Å². The van der Waals surface area contributed by atoms with Crippen LogP contribution in [0, 0.1) is 10.1 Å². The maximum Gasteiger partial charge on any atom is 0.280 e. The van der Waals surface area contributed by atoms with Crippen LogP contribution in [0.5, 0.6) is 0 Å². The van der Waals surface area contributed by atoms with E-state index in [0.717, 1.165) is 36.1 Å². The van der Waals surface area contributed by atoms with Gasteiger partial charge in [0.25, 0.3) is 5.69 Å². The number of nitro groups is 1. The summed E-state index contributed by atoms with van der Waals surface area (Å²) in [6.07, 6.45) is 0.928. The van der Waals surface area contributed by atoms with Gasteiger partial charge in [0.05, 0.1) is 21.6 Å². The number of non-ortho nitro benzene ring substituents is 1. The Morgan fingerprint density at radius 3 is 2.54 bits per heavy atom. The van der Waals surface area contributed by atoms with Gasteiger partial charge in [-0.2, -0.15) is 0 Å². The number of nitrogens with one attached hydrogen (secondary N) is 2. The molecule has 0 aliphatic heterocycles. The van der Waals surface area contributed by atoms with Crippen LogP contribution in [0.25, 0.3) is 21.8 Å². The van der Waals surface area contributed by atoms with E-state index in [1.807, 2.05) is 30.3 Å². The third kappa shape index (κ3) is 4.20. The van der Waals surface area contributed by atoms with Crippen LogP contribution in [0.4, 0.5) is 11.4 Å². The van der Waals surface area contributed by atoms with Crippen LogP contribution in [0.15, 0.2) is 42.5 Å². The second-order valence-electron chi connectivity index (χ2n) is 6.32. The molecule has 0 aliphatic rings. The zero-order chi connectivity index (χ0) is 17.8. The topological polar surface area (TPSA) is 80.1 Å². The zero-order valence-corrected chi connectivity index (χ0v) is 15.7. The highest BCUT2D eigenvalue weighted by Crippen LogP contribution is 2.36. The summed E-state index contributed by atoms with van der Waals surface area (Å²) in [5, 5.41) is 19.8. The van der Waals surface area contributed by atoms with Crippen molar-refractivity contribution in [3.63, 3.8) is 0 Å². The predicted molar refractivity (Wildman–Crippen MR) is 109 cm³/mol. The first-order chi connectivity index (χ1) is 12.1. The van der Waals surface area contributed by atoms with E-state index in [0.29, 0.717) is 16.9 Å². The Balaban J connectivity index is 0.00000243. The number of hydrogen-bond acceptors (Lipinski definition) is 5. The summed E-state index contributed by atoms with van der Waals surface area (Å²) in [6, 6.07) is 13.2. The maximum absolute atomic E-state index is 11.5. The SMILES string of the molecule is CC(C)NCCCNc1c2ccccc2nc2cccc([N+](=O)[O-])c12.Cl. The molecule has 0 fully saturated rings. The molecule has 0 saturated carbocycles. The fourth-order valence-corrected chi connectivity index (χ4v) is 2.95. The Morgan fingerprint density at radius 1 is 1.08 bits per heavy atom. The fourth-order valence-electron chi connectivity index (χ4n) is 2.95. The van der Waals surface area contributed by atoms with Crippen molar-refractivity contribution in [3.8, 4) is 0 Å². The van der Waals surface area contributed by atoms with Gasteiger partial charge < -0.3 is 10.6 Å². The minimum Gasteiger partial charge on any atom is -0.384 e. The largest absolute Gasteiger partial charge is 0.384 e. The number of benzene rings is 2. The van der Waals surface area contributed by atoms with E-state index in [4.69, 9.17) is 0 Å². The molecule has 2 N–H and O–H groups in total. The smallest absolute Gasteiger partial charge is 0.280 e. The van der Waals surface area contributed by atoms with E-state index in [1.165, 1.54) is 6.07 Å². The molecular formula is C19H23ClN4O2. The van der Waals surface area contributed by atoms with Crippen LogP contribution in [-0.2, 0) is 0 Å². The van der Waals surface area contributed by atoms with Gasteiger partial charge in [0.2, 0.25) is 0 Å². The highest BCUT2D eigenvalue weighted by atomic mass is 35.5. The van der Waals surface area contributed by atoms with Crippen LogP contribution in [0.2, 0.25) is 0 Å². The van der Waals surface area contributed by atoms with E-state index in [9.17, 15) is 10.1 Å². The van der Waals surface area contributed by atoms with Gasteiger partial charge in [-0.25, -0.2) is 4.98 Å². The Hall–Kier alpha value is -2.44. The Labute approximate surface area is 158 Å². The molecule has 138 valence electrons. The minimum atomic E-state index is -0.343. The highest BCUT2D eigenvalue weighted by Gasteiger charge is 2.18. The zero-order valence-electron chi connectivity index (χ0n) is 14.9. The molecular weight excluding hydrogens is 352 g/mol. The first kappa shape index (κ1) is 19.9. The summed E-state index contributed by atoms with van der Waals surface area (Å²) >= 11 is 0. The van der Waals surface area contributed by atoms with Gasteiger partial charge in [-0.15, -0.1) is 12.4 Å². The number of nitrogens with zero attached hydrogens (tertiary/aromatic N) is 2. The average Bonchev–Trinajstić information content (AvgIpc) is 2.59. The summed E-state index contributed by atoms with van der Waals surface area (Å²) in [6.45, 7) is 5.85. The molecule has 1 heterocycles. The Bertz CT molecular complexity index is 915. The summed E-state index contributed by atoms with van der Waals surface area (Å²) in [7, 11) is 0. The van der Waals surface area contributed by atoms with Crippen molar-refractivity contribution in [2.75, 3.05) is 18.4 Å². The highest BCUT2D eigenvalue weighted by molar-refractivity contribution is 6.11. The first-order valence-corrected chi connectivity index (χ1v) is 8.51. The van der Waals surface area contributed by atoms with E-state index < -0.39 is 0 Å². The lowest BCUT2D eigenvalue weighted by Crippen LogP contribution is -2.25. The van der Waals surface area contributed by atoms with Crippen molar-refractivity contribution in [2.24, 2.45) is 0 Å². The molecule has 0 radical (unpaired) electrons. The van der Waals surface area contributed by atoms with Gasteiger partial charge >= 0.3 is 0 Å². The van der Waals surface area contributed by atoms with E-state index >= 15 is 0 Å². The molecule has 0 saturated heterocycles. The lowest BCUT2D eigenvalue weighted by atomic mass is 10.1. The molecule has 0 aliphatic carbocycles. The fraction of sp³-hybridized carbons (Fsp3) is 0.316. The summed E-state index contributed by atoms with van der Waals surface area (Å²) in [4.78, 5) is 15.7. The number of aromatic nitrogens is 1. The quantitative estimate of drug-likeness (QED) is 0.275. The normalized spacial score (nSPS) is 10.9. The van der Waals surface area contributed by atoms with Crippen LogP contribution in [0.1, 0.15) is 20.3 Å². The van der Waals surface area contributed by atoms with Gasteiger partial charge in [0.1, 0.15) is 5.39 Å². The molecule has 0 spiro atoms. The number of hydrogen-bond donors (Lipinski definition) is 2. The van der Waals surface area contributed by atoms with Crippen molar-refractivity contribution in [3.05, 3.63) is 52.6 Å². The molecule has 6 nitrogen and oxygen atoms in total.